The fourth-order valence-corrected chi connectivity index (χ4v) is 2.72. The van der Waals surface area contributed by atoms with Gasteiger partial charge in [0.2, 0.25) is 0 Å². The van der Waals surface area contributed by atoms with Gasteiger partial charge >= 0.3 is 0 Å². The number of amides is 1. The zero-order valence-electron chi connectivity index (χ0n) is 14.1. The molecule has 0 saturated carbocycles. The van der Waals surface area contributed by atoms with Crippen molar-refractivity contribution in [2.75, 3.05) is 5.32 Å². The van der Waals surface area contributed by atoms with Crippen LogP contribution in [0.25, 0.3) is 0 Å². The van der Waals surface area contributed by atoms with Crippen LogP contribution < -0.4 is 5.32 Å². The quantitative estimate of drug-likeness (QED) is 0.413. The molecule has 0 spiro atoms. The van der Waals surface area contributed by atoms with Crippen molar-refractivity contribution >= 4 is 46.1 Å². The van der Waals surface area contributed by atoms with E-state index in [9.17, 15) is 9.90 Å². The molecular formula is C21H17IN2O2. The first kappa shape index (κ1) is 18.1. The van der Waals surface area contributed by atoms with Crippen LogP contribution in [0.1, 0.15) is 21.5 Å². The molecule has 3 aromatic carbocycles. The van der Waals surface area contributed by atoms with E-state index in [1.807, 2.05) is 49.4 Å². The molecule has 0 aromatic heterocycles. The molecule has 0 heterocycles. The van der Waals surface area contributed by atoms with Crippen LogP contribution >= 0.6 is 22.6 Å². The molecule has 0 aliphatic rings. The summed E-state index contributed by atoms with van der Waals surface area (Å²) in [6, 6.07) is 20.1. The van der Waals surface area contributed by atoms with Crippen molar-refractivity contribution in [3.8, 4) is 5.75 Å². The minimum atomic E-state index is -0.151. The summed E-state index contributed by atoms with van der Waals surface area (Å²) in [6.07, 6.45) is 1.63. The van der Waals surface area contributed by atoms with Gasteiger partial charge in [-0.25, -0.2) is 0 Å². The molecule has 0 fully saturated rings. The highest BCUT2D eigenvalue weighted by Gasteiger charge is 2.06. The SMILES string of the molecule is Cc1cccc(C=Nc2ccc(NC(=O)c3ccc(I)cc3)cc2)c1O. The summed E-state index contributed by atoms with van der Waals surface area (Å²) in [7, 11) is 0. The van der Waals surface area contributed by atoms with Crippen LogP contribution in [0, 0.1) is 10.5 Å². The van der Waals surface area contributed by atoms with Crippen molar-refractivity contribution in [1.82, 2.24) is 0 Å². The lowest BCUT2D eigenvalue weighted by Gasteiger charge is -2.06. The van der Waals surface area contributed by atoms with Gasteiger partial charge < -0.3 is 10.4 Å². The number of rotatable bonds is 4. The monoisotopic (exact) mass is 456 g/mol. The zero-order valence-corrected chi connectivity index (χ0v) is 16.3. The summed E-state index contributed by atoms with van der Waals surface area (Å²) in [5.74, 6) is 0.0833. The van der Waals surface area contributed by atoms with E-state index in [-0.39, 0.29) is 11.7 Å². The normalized spacial score (nSPS) is 10.8. The number of carbonyl (C=O) groups excluding carboxylic acids is 1. The molecule has 3 rings (SSSR count). The number of hydrogen-bond acceptors (Lipinski definition) is 3. The van der Waals surface area contributed by atoms with Gasteiger partial charge in [-0.1, -0.05) is 12.1 Å². The number of phenols is 1. The molecule has 5 heteroatoms. The van der Waals surface area contributed by atoms with Crippen molar-refractivity contribution in [3.05, 3.63) is 87.0 Å². The number of aryl methyl sites for hydroxylation is 1. The summed E-state index contributed by atoms with van der Waals surface area (Å²) in [5.41, 5.74) is 3.52. The molecule has 0 aliphatic carbocycles. The van der Waals surface area contributed by atoms with Gasteiger partial charge in [-0.05, 0) is 89.7 Å². The first-order valence-corrected chi connectivity index (χ1v) is 9.10. The smallest absolute Gasteiger partial charge is 0.255 e. The highest BCUT2D eigenvalue weighted by atomic mass is 127. The van der Waals surface area contributed by atoms with E-state index in [1.165, 1.54) is 0 Å². The van der Waals surface area contributed by atoms with Crippen molar-refractivity contribution in [2.45, 2.75) is 6.92 Å². The maximum absolute atomic E-state index is 12.2. The van der Waals surface area contributed by atoms with E-state index in [1.54, 1.807) is 30.5 Å². The Hall–Kier alpha value is -2.67. The molecule has 1 amide bonds. The molecule has 0 unspecified atom stereocenters. The molecule has 0 bridgehead atoms. The molecule has 0 atom stereocenters. The Morgan fingerprint density at radius 3 is 2.42 bits per heavy atom. The largest absolute Gasteiger partial charge is 0.507 e. The van der Waals surface area contributed by atoms with E-state index in [2.05, 4.69) is 32.9 Å². The Bertz CT molecular complexity index is 949. The topological polar surface area (TPSA) is 61.7 Å². The molecule has 4 nitrogen and oxygen atoms in total. The van der Waals surface area contributed by atoms with Crippen LogP contribution in [0.5, 0.6) is 5.75 Å². The molecule has 0 saturated heterocycles. The first-order valence-electron chi connectivity index (χ1n) is 8.02. The summed E-state index contributed by atoms with van der Waals surface area (Å²) >= 11 is 2.20. The van der Waals surface area contributed by atoms with Gasteiger partial charge in [0.05, 0.1) is 5.69 Å². The molecule has 3 aromatic rings. The molecule has 2 N–H and O–H groups in total. The van der Waals surface area contributed by atoms with Crippen LogP contribution in [0.15, 0.2) is 71.7 Å². The van der Waals surface area contributed by atoms with E-state index in [0.717, 1.165) is 14.8 Å². The molecule has 26 heavy (non-hydrogen) atoms. The van der Waals surface area contributed by atoms with E-state index >= 15 is 0 Å². The van der Waals surface area contributed by atoms with E-state index < -0.39 is 0 Å². The summed E-state index contributed by atoms with van der Waals surface area (Å²) in [5, 5.41) is 12.9. The zero-order chi connectivity index (χ0) is 18.5. The predicted molar refractivity (Wildman–Crippen MR) is 114 cm³/mol. The third-order valence-corrected chi connectivity index (χ3v) is 4.57. The van der Waals surface area contributed by atoms with Gasteiger partial charge in [-0.3, -0.25) is 9.79 Å². The number of aromatic hydroxyl groups is 1. The number of aliphatic imine (C=N–C) groups is 1. The third-order valence-electron chi connectivity index (χ3n) is 3.85. The average Bonchev–Trinajstić information content (AvgIpc) is 2.64. The first-order chi connectivity index (χ1) is 12.5. The van der Waals surface area contributed by atoms with Crippen molar-refractivity contribution in [3.63, 3.8) is 0 Å². The van der Waals surface area contributed by atoms with Gasteiger partial charge in [0, 0.05) is 26.6 Å². The number of nitrogens with one attached hydrogen (secondary N) is 1. The number of anilines is 1. The molecule has 0 radical (unpaired) electrons. The van der Waals surface area contributed by atoms with E-state index in [4.69, 9.17) is 0 Å². The lowest BCUT2D eigenvalue weighted by molar-refractivity contribution is 0.102. The van der Waals surface area contributed by atoms with Crippen LogP contribution in [-0.4, -0.2) is 17.2 Å². The lowest BCUT2D eigenvalue weighted by Crippen LogP contribution is -2.11. The van der Waals surface area contributed by atoms with Crippen molar-refractivity contribution < 1.29 is 9.90 Å². The fourth-order valence-electron chi connectivity index (χ4n) is 2.37. The number of nitrogens with zero attached hydrogens (tertiary/aromatic N) is 1. The Morgan fingerprint density at radius 1 is 1.04 bits per heavy atom. The highest BCUT2D eigenvalue weighted by molar-refractivity contribution is 14.1. The number of para-hydroxylation sites is 1. The van der Waals surface area contributed by atoms with Gasteiger partial charge in [0.15, 0.2) is 0 Å². The number of halogens is 1. The van der Waals surface area contributed by atoms with E-state index in [0.29, 0.717) is 16.8 Å². The molecular weight excluding hydrogens is 439 g/mol. The van der Waals surface area contributed by atoms with Gasteiger partial charge in [-0.15, -0.1) is 0 Å². The summed E-state index contributed by atoms with van der Waals surface area (Å²) in [6.45, 7) is 1.85. The maximum atomic E-state index is 12.2. The van der Waals surface area contributed by atoms with Gasteiger partial charge in [0.25, 0.3) is 5.91 Å². The second-order valence-corrected chi connectivity index (χ2v) is 7.02. The second-order valence-electron chi connectivity index (χ2n) is 5.78. The Balaban J connectivity index is 1.68. The van der Waals surface area contributed by atoms with Crippen LogP contribution in [0.3, 0.4) is 0 Å². The maximum Gasteiger partial charge on any atom is 0.255 e. The Morgan fingerprint density at radius 2 is 1.73 bits per heavy atom. The lowest BCUT2D eigenvalue weighted by atomic mass is 10.1. The number of hydrogen-bond donors (Lipinski definition) is 2. The molecule has 130 valence electrons. The van der Waals surface area contributed by atoms with Gasteiger partial charge in [0.1, 0.15) is 5.75 Å². The third kappa shape index (κ3) is 4.49. The van der Waals surface area contributed by atoms with Crippen molar-refractivity contribution in [2.24, 2.45) is 4.99 Å². The minimum absolute atomic E-state index is 0.151. The van der Waals surface area contributed by atoms with Crippen LogP contribution in [0.2, 0.25) is 0 Å². The van der Waals surface area contributed by atoms with Crippen molar-refractivity contribution in [1.29, 1.82) is 0 Å². The summed E-state index contributed by atoms with van der Waals surface area (Å²) in [4.78, 5) is 16.6. The number of phenolic OH excluding ortho intramolecular Hbond substituents is 1. The Kier molecular flexibility index (Phi) is 5.68. The average molecular weight is 456 g/mol. The molecule has 0 aliphatic heterocycles. The standard InChI is InChI=1S/C21H17IN2O2/c1-14-3-2-4-16(20(14)25)13-23-18-9-11-19(12-10-18)24-21(26)15-5-7-17(22)8-6-15/h2-13,25H,1H3,(H,24,26). The predicted octanol–water partition coefficient (Wildman–Crippen LogP) is 5.31. The summed E-state index contributed by atoms with van der Waals surface area (Å²) < 4.78 is 1.08. The minimum Gasteiger partial charge on any atom is -0.507 e. The number of benzene rings is 3. The Labute approximate surface area is 165 Å². The number of carbonyl (C=O) groups is 1. The highest BCUT2D eigenvalue weighted by Crippen LogP contribution is 2.22. The second kappa shape index (κ2) is 8.14. The van der Waals surface area contributed by atoms with Crippen LogP contribution in [-0.2, 0) is 0 Å². The van der Waals surface area contributed by atoms with Crippen LogP contribution in [0.4, 0.5) is 11.4 Å². The van der Waals surface area contributed by atoms with Gasteiger partial charge in [-0.2, -0.15) is 0 Å². The fraction of sp³-hybridized carbons (Fsp3) is 0.0476.